The normalized spacial score (nSPS) is 19.1. The van der Waals surface area contributed by atoms with Gasteiger partial charge in [0, 0.05) is 0 Å². The zero-order chi connectivity index (χ0) is 16.5. The number of hydrogen-bond acceptors (Lipinski definition) is 5. The van der Waals surface area contributed by atoms with Crippen molar-refractivity contribution in [2.45, 2.75) is 18.6 Å². The maximum atomic E-state index is 12.3. The Morgan fingerprint density at radius 3 is 2.36 bits per heavy atom. The van der Waals surface area contributed by atoms with Gasteiger partial charge in [0.2, 0.25) is 0 Å². The van der Waals surface area contributed by atoms with Gasteiger partial charge in [-0.2, -0.15) is 18.1 Å². The molecule has 1 aromatic carbocycles. The standard InChI is InChI=1S/C14H17N2O5S/c1-4-10-5-7-11(8-6-10)21-22(19,20)12-9-15(2)14(18)16(3)13(12)17/h5-9,12H,4H2,1-3H3/q+1. The largest absolute Gasteiger partial charge is 0.500 e. The number of imide groups is 1. The zero-order valence-electron chi connectivity index (χ0n) is 12.5. The van der Waals surface area contributed by atoms with E-state index in [1.807, 2.05) is 6.92 Å². The first-order valence-corrected chi connectivity index (χ1v) is 8.15. The summed E-state index contributed by atoms with van der Waals surface area (Å²) in [5.41, 5.74) is 1.04. The molecule has 2 rings (SSSR count). The van der Waals surface area contributed by atoms with E-state index in [0.717, 1.165) is 27.7 Å². The smallest absolute Gasteiger partial charge is 0.381 e. The van der Waals surface area contributed by atoms with E-state index in [4.69, 9.17) is 4.18 Å². The highest BCUT2D eigenvalue weighted by atomic mass is 32.2. The first kappa shape index (κ1) is 16.2. The Morgan fingerprint density at radius 2 is 1.82 bits per heavy atom. The van der Waals surface area contributed by atoms with Crippen LogP contribution in [0, 0.1) is 0 Å². The summed E-state index contributed by atoms with van der Waals surface area (Å²) in [7, 11) is -1.63. The van der Waals surface area contributed by atoms with Crippen LogP contribution in [0.15, 0.2) is 24.3 Å². The van der Waals surface area contributed by atoms with E-state index in [2.05, 4.69) is 0 Å². The van der Waals surface area contributed by atoms with Crippen LogP contribution in [0.4, 0.5) is 4.79 Å². The number of urea groups is 1. The van der Waals surface area contributed by atoms with Crippen molar-refractivity contribution in [3.63, 3.8) is 0 Å². The number of rotatable bonds is 4. The minimum atomic E-state index is -4.24. The number of nitrogens with zero attached hydrogens (tertiary/aromatic N) is 2. The van der Waals surface area contributed by atoms with Crippen LogP contribution < -0.4 is 4.18 Å². The Labute approximate surface area is 128 Å². The number of carbonyl (C=O) groups excluding carboxylic acids is 2. The molecule has 1 unspecified atom stereocenters. The molecule has 1 heterocycles. The fourth-order valence-electron chi connectivity index (χ4n) is 2.02. The van der Waals surface area contributed by atoms with Crippen molar-refractivity contribution in [1.82, 2.24) is 4.90 Å². The van der Waals surface area contributed by atoms with Crippen LogP contribution in [0.1, 0.15) is 12.5 Å². The van der Waals surface area contributed by atoms with Crippen LogP contribution in [0.5, 0.6) is 5.75 Å². The van der Waals surface area contributed by atoms with Gasteiger partial charge in [-0.3, -0.25) is 0 Å². The first-order chi connectivity index (χ1) is 10.3. The molecule has 0 saturated heterocycles. The van der Waals surface area contributed by atoms with Crippen LogP contribution in [0.3, 0.4) is 0 Å². The predicted octanol–water partition coefficient (Wildman–Crippen LogP) is 0.631. The summed E-state index contributed by atoms with van der Waals surface area (Å²) in [4.78, 5) is 24.4. The van der Waals surface area contributed by atoms with E-state index in [1.165, 1.54) is 26.2 Å². The summed E-state index contributed by atoms with van der Waals surface area (Å²) < 4.78 is 30.6. The van der Waals surface area contributed by atoms with Crippen LogP contribution in [0.2, 0.25) is 0 Å². The second-order valence-corrected chi connectivity index (χ2v) is 6.59. The topological polar surface area (TPSA) is 83.8 Å². The maximum Gasteiger partial charge on any atom is 0.500 e. The number of aryl methyl sites for hydroxylation is 1. The highest BCUT2D eigenvalue weighted by Crippen LogP contribution is 2.18. The number of carbonyl (C=O) groups is 2. The van der Waals surface area contributed by atoms with Gasteiger partial charge in [-0.05, 0) is 24.1 Å². The minimum Gasteiger partial charge on any atom is -0.381 e. The summed E-state index contributed by atoms with van der Waals surface area (Å²) in [5.74, 6) is -0.714. The van der Waals surface area contributed by atoms with Gasteiger partial charge in [-0.25, -0.2) is 9.37 Å². The second-order valence-electron chi connectivity index (χ2n) is 4.93. The van der Waals surface area contributed by atoms with Crippen molar-refractivity contribution in [1.29, 1.82) is 0 Å². The quantitative estimate of drug-likeness (QED) is 0.599. The highest BCUT2D eigenvalue weighted by Gasteiger charge is 2.47. The molecule has 22 heavy (non-hydrogen) atoms. The molecular weight excluding hydrogens is 308 g/mol. The van der Waals surface area contributed by atoms with E-state index >= 15 is 0 Å². The molecular formula is C14H17N2O5S+. The summed E-state index contributed by atoms with van der Waals surface area (Å²) in [6, 6.07) is 5.96. The van der Waals surface area contributed by atoms with Crippen molar-refractivity contribution in [3.05, 3.63) is 29.8 Å². The van der Waals surface area contributed by atoms with Gasteiger partial charge in [0.1, 0.15) is 12.0 Å². The molecule has 1 aliphatic rings. The third kappa shape index (κ3) is 3.01. The van der Waals surface area contributed by atoms with E-state index in [0.29, 0.717) is 0 Å². The second kappa shape index (κ2) is 5.88. The van der Waals surface area contributed by atoms with Gasteiger partial charge in [-0.1, -0.05) is 19.1 Å². The van der Waals surface area contributed by atoms with Crippen molar-refractivity contribution < 1.29 is 26.8 Å². The van der Waals surface area contributed by atoms with Gasteiger partial charge in [0.05, 0.1) is 14.1 Å². The molecule has 118 valence electrons. The lowest BCUT2D eigenvalue weighted by Crippen LogP contribution is -2.54. The lowest BCUT2D eigenvalue weighted by molar-refractivity contribution is -0.399. The maximum absolute atomic E-state index is 12.3. The Bertz CT molecular complexity index is 737. The summed E-state index contributed by atoms with van der Waals surface area (Å²) in [5, 5.41) is -1.55. The summed E-state index contributed by atoms with van der Waals surface area (Å²) in [6.07, 6.45) is 1.86. The molecule has 3 amide bonds. The molecule has 1 atom stereocenters. The molecule has 0 fully saturated rings. The lowest BCUT2D eigenvalue weighted by Gasteiger charge is -2.19. The van der Waals surface area contributed by atoms with Crippen LogP contribution in [-0.2, 0) is 21.3 Å². The Balaban J connectivity index is 2.29. The average molecular weight is 325 g/mol. The molecule has 0 aromatic heterocycles. The van der Waals surface area contributed by atoms with E-state index in [1.54, 1.807) is 12.1 Å². The number of amides is 3. The van der Waals surface area contributed by atoms with E-state index in [-0.39, 0.29) is 5.75 Å². The first-order valence-electron chi connectivity index (χ1n) is 6.68. The van der Waals surface area contributed by atoms with Crippen molar-refractivity contribution in [2.24, 2.45) is 0 Å². The fourth-order valence-corrected chi connectivity index (χ4v) is 3.24. The van der Waals surface area contributed by atoms with Crippen molar-refractivity contribution >= 4 is 28.3 Å². The van der Waals surface area contributed by atoms with Gasteiger partial charge < -0.3 is 4.18 Å². The third-order valence-corrected chi connectivity index (χ3v) is 4.75. The molecule has 0 aliphatic carbocycles. The molecule has 0 spiro atoms. The van der Waals surface area contributed by atoms with Crippen LogP contribution in [0.25, 0.3) is 0 Å². The monoisotopic (exact) mass is 325 g/mol. The third-order valence-electron chi connectivity index (χ3n) is 3.38. The highest BCUT2D eigenvalue weighted by molar-refractivity contribution is 7.89. The minimum absolute atomic E-state index is 0.126. The predicted molar refractivity (Wildman–Crippen MR) is 79.6 cm³/mol. The van der Waals surface area contributed by atoms with Gasteiger partial charge in [0.15, 0.2) is 0 Å². The molecule has 8 heteroatoms. The Morgan fingerprint density at radius 1 is 1.23 bits per heavy atom. The van der Waals surface area contributed by atoms with Crippen LogP contribution in [-0.4, -0.2) is 55.4 Å². The van der Waals surface area contributed by atoms with Crippen molar-refractivity contribution in [3.8, 4) is 5.75 Å². The average Bonchev–Trinajstić information content (AvgIpc) is 2.49. The van der Waals surface area contributed by atoms with Gasteiger partial charge in [-0.15, -0.1) is 0 Å². The number of benzene rings is 1. The molecule has 0 bridgehead atoms. The molecule has 1 aliphatic heterocycles. The van der Waals surface area contributed by atoms with E-state index in [9.17, 15) is 18.0 Å². The Hall–Kier alpha value is -2.22. The molecule has 7 nitrogen and oxygen atoms in total. The summed E-state index contributed by atoms with van der Waals surface area (Å²) >= 11 is 0. The lowest BCUT2D eigenvalue weighted by atomic mass is 10.2. The molecule has 1 aromatic rings. The number of hydrogen-bond donors (Lipinski definition) is 0. The van der Waals surface area contributed by atoms with Crippen molar-refractivity contribution in [2.75, 3.05) is 14.1 Å². The SMILES string of the molecule is CCc1ccc(OS(=O)(=O)C2C=[N+](C)C(=O)N(C)C2=O)cc1. The molecule has 0 radical (unpaired) electrons. The molecule has 0 N–H and O–H groups in total. The fraction of sp³-hybridized carbons (Fsp3) is 0.357. The Kier molecular flexibility index (Phi) is 4.32. The van der Waals surface area contributed by atoms with E-state index < -0.39 is 27.3 Å². The summed E-state index contributed by atoms with van der Waals surface area (Å²) in [6.45, 7) is 1.98. The molecule has 0 saturated carbocycles. The van der Waals surface area contributed by atoms with Gasteiger partial charge in [0.25, 0.3) is 5.25 Å². The van der Waals surface area contributed by atoms with Gasteiger partial charge >= 0.3 is 22.1 Å². The van der Waals surface area contributed by atoms with Crippen LogP contribution >= 0.6 is 0 Å². The zero-order valence-corrected chi connectivity index (χ0v) is 13.3.